The number of hydrogen-bond acceptors (Lipinski definition) is 6. The monoisotopic (exact) mass is 384 g/mol. The maximum Gasteiger partial charge on any atom is 0.341 e. The summed E-state index contributed by atoms with van der Waals surface area (Å²) in [7, 11) is 3.06. The summed E-state index contributed by atoms with van der Waals surface area (Å²) < 4.78 is 16.9. The van der Waals surface area contributed by atoms with Gasteiger partial charge in [-0.05, 0) is 19.1 Å². The molecule has 0 aliphatic carbocycles. The van der Waals surface area contributed by atoms with E-state index in [1.807, 2.05) is 0 Å². The van der Waals surface area contributed by atoms with Crippen LogP contribution in [0.25, 0.3) is 5.52 Å². The number of hydrogen-bond donors (Lipinski definition) is 2. The summed E-state index contributed by atoms with van der Waals surface area (Å²) >= 11 is 0. The summed E-state index contributed by atoms with van der Waals surface area (Å²) in [6, 6.07) is 7.89. The van der Waals surface area contributed by atoms with Gasteiger partial charge in [-0.2, -0.15) is 5.10 Å². The molecule has 0 aliphatic heterocycles. The van der Waals surface area contributed by atoms with E-state index in [-0.39, 0.29) is 6.61 Å². The van der Waals surface area contributed by atoms with Gasteiger partial charge in [0.1, 0.15) is 17.1 Å². The highest BCUT2D eigenvalue weighted by atomic mass is 16.5. The minimum Gasteiger partial charge on any atom is -0.497 e. The van der Waals surface area contributed by atoms with Crippen LogP contribution in [-0.2, 0) is 4.74 Å². The molecule has 28 heavy (non-hydrogen) atoms. The van der Waals surface area contributed by atoms with E-state index in [0.29, 0.717) is 34.0 Å². The number of pyridine rings is 1. The van der Waals surface area contributed by atoms with E-state index in [9.17, 15) is 9.59 Å². The van der Waals surface area contributed by atoms with E-state index in [0.717, 1.165) is 0 Å². The van der Waals surface area contributed by atoms with E-state index >= 15 is 0 Å². The van der Waals surface area contributed by atoms with Crippen LogP contribution in [0, 0.1) is 0 Å². The van der Waals surface area contributed by atoms with Gasteiger partial charge >= 0.3 is 12.0 Å². The number of nitrogens with zero attached hydrogens (tertiary/aromatic N) is 2. The van der Waals surface area contributed by atoms with Gasteiger partial charge in [-0.3, -0.25) is 0 Å². The maximum absolute atomic E-state index is 12.4. The summed E-state index contributed by atoms with van der Waals surface area (Å²) in [5, 5.41) is 9.54. The summed E-state index contributed by atoms with van der Waals surface area (Å²) in [4.78, 5) is 24.4. The number of rotatable bonds is 6. The zero-order valence-corrected chi connectivity index (χ0v) is 15.7. The number of carbonyl (C=O) groups excluding carboxylic acids is 2. The van der Waals surface area contributed by atoms with Crippen LogP contribution >= 0.6 is 0 Å². The third-order valence-electron chi connectivity index (χ3n) is 3.88. The van der Waals surface area contributed by atoms with Crippen molar-refractivity contribution in [2.24, 2.45) is 0 Å². The van der Waals surface area contributed by atoms with Crippen molar-refractivity contribution in [3.05, 3.63) is 48.3 Å². The molecule has 2 aromatic heterocycles. The van der Waals surface area contributed by atoms with Crippen LogP contribution in [0.3, 0.4) is 0 Å². The molecule has 3 aromatic rings. The van der Waals surface area contributed by atoms with Gasteiger partial charge in [-0.15, -0.1) is 0 Å². The molecule has 0 atom stereocenters. The number of urea groups is 1. The molecule has 0 fully saturated rings. The first-order chi connectivity index (χ1) is 13.5. The first-order valence-corrected chi connectivity index (χ1v) is 8.49. The highest BCUT2D eigenvalue weighted by molar-refractivity contribution is 6.01. The van der Waals surface area contributed by atoms with E-state index in [2.05, 4.69) is 15.7 Å². The highest BCUT2D eigenvalue weighted by Gasteiger charge is 2.15. The van der Waals surface area contributed by atoms with Crippen molar-refractivity contribution in [1.29, 1.82) is 0 Å². The van der Waals surface area contributed by atoms with Crippen molar-refractivity contribution >= 4 is 28.9 Å². The Morgan fingerprint density at radius 3 is 2.36 bits per heavy atom. The van der Waals surface area contributed by atoms with Crippen molar-refractivity contribution in [3.8, 4) is 11.5 Å². The lowest BCUT2D eigenvalue weighted by Crippen LogP contribution is -2.19. The average molecular weight is 384 g/mol. The van der Waals surface area contributed by atoms with Crippen LogP contribution in [0.1, 0.15) is 17.3 Å². The first-order valence-electron chi connectivity index (χ1n) is 8.49. The Bertz CT molecular complexity index is 992. The Labute approximate surface area is 161 Å². The third-order valence-corrected chi connectivity index (χ3v) is 3.88. The fraction of sp³-hybridized carbons (Fsp3) is 0.211. The fourth-order valence-corrected chi connectivity index (χ4v) is 2.60. The van der Waals surface area contributed by atoms with Gasteiger partial charge < -0.3 is 24.8 Å². The second-order valence-electron chi connectivity index (χ2n) is 5.70. The van der Waals surface area contributed by atoms with Gasteiger partial charge in [0.15, 0.2) is 0 Å². The lowest BCUT2D eigenvalue weighted by atomic mass is 10.2. The summed E-state index contributed by atoms with van der Waals surface area (Å²) in [6.45, 7) is 2.00. The number of methoxy groups -OCH3 is 2. The van der Waals surface area contributed by atoms with Crippen molar-refractivity contribution in [1.82, 2.24) is 9.61 Å². The second kappa shape index (κ2) is 8.30. The van der Waals surface area contributed by atoms with Crippen LogP contribution in [0.2, 0.25) is 0 Å². The third kappa shape index (κ3) is 4.14. The molecule has 0 saturated heterocycles. The van der Waals surface area contributed by atoms with Gasteiger partial charge in [-0.1, -0.05) is 0 Å². The second-order valence-corrected chi connectivity index (χ2v) is 5.70. The van der Waals surface area contributed by atoms with E-state index in [1.165, 1.54) is 24.9 Å². The number of esters is 1. The van der Waals surface area contributed by atoms with E-state index in [4.69, 9.17) is 14.2 Å². The summed E-state index contributed by atoms with van der Waals surface area (Å²) in [6.07, 6.45) is 3.07. The van der Waals surface area contributed by atoms with Gasteiger partial charge in [0.05, 0.1) is 32.5 Å². The predicted octanol–water partition coefficient (Wildman–Crippen LogP) is 3.17. The molecule has 2 N–H and O–H groups in total. The molecule has 2 heterocycles. The number of fused-ring (bicyclic) bond motifs is 1. The molecule has 0 aliphatic rings. The summed E-state index contributed by atoms with van der Waals surface area (Å²) in [5.74, 6) is 0.631. The quantitative estimate of drug-likeness (QED) is 0.633. The lowest BCUT2D eigenvalue weighted by molar-refractivity contribution is 0.0528. The number of ether oxygens (including phenoxy) is 3. The van der Waals surface area contributed by atoms with Gasteiger partial charge in [0, 0.05) is 35.8 Å². The molecule has 146 valence electrons. The molecule has 9 nitrogen and oxygen atoms in total. The van der Waals surface area contributed by atoms with Crippen molar-refractivity contribution in [2.75, 3.05) is 31.5 Å². The fourth-order valence-electron chi connectivity index (χ4n) is 2.60. The number of carbonyl (C=O) groups is 2. The van der Waals surface area contributed by atoms with Crippen molar-refractivity contribution < 1.29 is 23.8 Å². The van der Waals surface area contributed by atoms with Gasteiger partial charge in [0.25, 0.3) is 0 Å². The predicted molar refractivity (Wildman–Crippen MR) is 103 cm³/mol. The topological polar surface area (TPSA) is 103 Å². The van der Waals surface area contributed by atoms with Crippen molar-refractivity contribution in [3.63, 3.8) is 0 Å². The molecule has 0 bridgehead atoms. The van der Waals surface area contributed by atoms with Gasteiger partial charge in [0.2, 0.25) is 0 Å². The molecule has 0 unspecified atom stereocenters. The number of nitrogens with one attached hydrogen (secondary N) is 2. The molecule has 0 saturated carbocycles. The number of anilines is 2. The van der Waals surface area contributed by atoms with Crippen LogP contribution in [0.4, 0.5) is 16.2 Å². The molecule has 1 aromatic carbocycles. The molecule has 0 radical (unpaired) electrons. The molecule has 9 heteroatoms. The Kier molecular flexibility index (Phi) is 5.64. The molecule has 0 spiro atoms. The molecular formula is C19H20N4O5. The lowest BCUT2D eigenvalue weighted by Gasteiger charge is -2.11. The van der Waals surface area contributed by atoms with Crippen LogP contribution < -0.4 is 20.1 Å². The van der Waals surface area contributed by atoms with Crippen LogP contribution in [-0.4, -0.2) is 42.4 Å². The zero-order chi connectivity index (χ0) is 20.1. The minimum absolute atomic E-state index is 0.264. The Morgan fingerprint density at radius 1 is 1.04 bits per heavy atom. The molecular weight excluding hydrogens is 364 g/mol. The number of benzene rings is 1. The van der Waals surface area contributed by atoms with E-state index in [1.54, 1.807) is 43.5 Å². The maximum atomic E-state index is 12.4. The number of aromatic nitrogens is 2. The smallest absolute Gasteiger partial charge is 0.341 e. The highest BCUT2D eigenvalue weighted by Crippen LogP contribution is 2.26. The van der Waals surface area contributed by atoms with Crippen molar-refractivity contribution in [2.45, 2.75) is 6.92 Å². The Balaban J connectivity index is 1.78. The minimum atomic E-state index is -0.470. The Hall–Kier alpha value is -3.75. The van der Waals surface area contributed by atoms with Crippen LogP contribution in [0.5, 0.6) is 11.5 Å². The number of amides is 2. The Morgan fingerprint density at radius 2 is 1.71 bits per heavy atom. The SMILES string of the molecule is CCOC(=O)c1cnn2ccc(NC(=O)Nc3cc(OC)cc(OC)c3)cc12. The van der Waals surface area contributed by atoms with Crippen LogP contribution in [0.15, 0.2) is 42.7 Å². The normalized spacial score (nSPS) is 10.4. The average Bonchev–Trinajstić information content (AvgIpc) is 3.11. The standard InChI is InChI=1S/C19H20N4O5/c1-4-28-18(24)16-11-20-23-6-5-12(9-17(16)23)21-19(25)22-13-7-14(26-2)10-15(8-13)27-3/h5-11H,4H2,1-3H3,(H2,21,22,25). The first kappa shape index (κ1) is 19.0. The molecule has 2 amide bonds. The van der Waals surface area contributed by atoms with E-state index < -0.39 is 12.0 Å². The summed E-state index contributed by atoms with van der Waals surface area (Å²) in [5.41, 5.74) is 1.85. The largest absolute Gasteiger partial charge is 0.497 e. The molecule has 3 rings (SSSR count). The zero-order valence-electron chi connectivity index (χ0n) is 15.7. The van der Waals surface area contributed by atoms with Gasteiger partial charge in [-0.25, -0.2) is 14.1 Å².